The number of alkyl halides is 3. The van der Waals surface area contributed by atoms with Crippen molar-refractivity contribution in [3.05, 3.63) is 102 Å². The molecule has 0 saturated heterocycles. The van der Waals surface area contributed by atoms with Crippen LogP contribution in [0.4, 0.5) is 19.0 Å². The Morgan fingerprint density at radius 3 is 2.45 bits per heavy atom. The lowest BCUT2D eigenvalue weighted by atomic mass is 9.84. The van der Waals surface area contributed by atoms with Gasteiger partial charge in [-0.3, -0.25) is 4.79 Å². The van der Waals surface area contributed by atoms with Gasteiger partial charge in [-0.25, -0.2) is 9.97 Å². The monoisotopic (exact) mass is 524 g/mol. The van der Waals surface area contributed by atoms with Crippen molar-refractivity contribution < 1.29 is 32.5 Å². The van der Waals surface area contributed by atoms with Crippen LogP contribution in [0.3, 0.4) is 0 Å². The molecule has 196 valence electrons. The standard InChI is InChI=1S/C27H23F3N4O4/c1-17(25(35)36)24(19-5-4-6-21(15-19)38-27(28,29)30)22-12-14-32-26(34-22)37-20-10-8-18(9-11-20)16-33-23-7-2-3-13-31-23/h2-15,17,24H,16H2,1H3,(H,31,33)(H,35,36). The first-order valence-electron chi connectivity index (χ1n) is 11.5. The largest absolute Gasteiger partial charge is 0.573 e. The van der Waals surface area contributed by atoms with Gasteiger partial charge in [0.25, 0.3) is 0 Å². The third kappa shape index (κ3) is 7.19. The molecule has 0 radical (unpaired) electrons. The molecule has 4 rings (SSSR count). The van der Waals surface area contributed by atoms with E-state index in [0.29, 0.717) is 12.3 Å². The zero-order chi connectivity index (χ0) is 27.1. The van der Waals surface area contributed by atoms with Gasteiger partial charge in [0.2, 0.25) is 0 Å². The normalized spacial score (nSPS) is 12.8. The lowest BCUT2D eigenvalue weighted by Crippen LogP contribution is -2.22. The molecule has 0 aliphatic heterocycles. The number of nitrogens with one attached hydrogen (secondary N) is 1. The molecule has 2 heterocycles. The minimum absolute atomic E-state index is 0.0351. The summed E-state index contributed by atoms with van der Waals surface area (Å²) in [6, 6.07) is 19.4. The predicted octanol–water partition coefficient (Wildman–Crippen LogP) is 6.03. The summed E-state index contributed by atoms with van der Waals surface area (Å²) < 4.78 is 48.0. The van der Waals surface area contributed by atoms with E-state index in [1.54, 1.807) is 18.3 Å². The quantitative estimate of drug-likeness (QED) is 0.259. The lowest BCUT2D eigenvalue weighted by molar-refractivity contribution is -0.274. The zero-order valence-corrected chi connectivity index (χ0v) is 20.1. The van der Waals surface area contributed by atoms with E-state index in [9.17, 15) is 23.1 Å². The Labute approximate surface area is 216 Å². The van der Waals surface area contributed by atoms with Gasteiger partial charge in [-0.2, -0.15) is 4.98 Å². The summed E-state index contributed by atoms with van der Waals surface area (Å²) in [5.41, 5.74) is 1.54. The average Bonchev–Trinajstić information content (AvgIpc) is 2.88. The van der Waals surface area contributed by atoms with Gasteiger partial charge < -0.3 is 19.9 Å². The molecule has 2 atom stereocenters. The Bertz CT molecular complexity index is 1370. The van der Waals surface area contributed by atoms with Crippen LogP contribution in [0.2, 0.25) is 0 Å². The number of carbonyl (C=O) groups is 1. The molecule has 0 amide bonds. The fraction of sp³-hybridized carbons (Fsp3) is 0.185. The van der Waals surface area contributed by atoms with Gasteiger partial charge in [-0.15, -0.1) is 13.2 Å². The maximum Gasteiger partial charge on any atom is 0.573 e. The summed E-state index contributed by atoms with van der Waals surface area (Å²) >= 11 is 0. The van der Waals surface area contributed by atoms with E-state index in [1.165, 1.54) is 31.3 Å². The molecule has 4 aromatic rings. The van der Waals surface area contributed by atoms with Crippen molar-refractivity contribution in [2.24, 2.45) is 5.92 Å². The molecule has 2 aromatic carbocycles. The summed E-state index contributed by atoms with van der Waals surface area (Å²) in [5.74, 6) is -2.32. The van der Waals surface area contributed by atoms with Gasteiger partial charge in [0.05, 0.1) is 11.6 Å². The number of halogens is 3. The number of aromatic nitrogens is 3. The second-order valence-electron chi connectivity index (χ2n) is 8.30. The number of anilines is 1. The van der Waals surface area contributed by atoms with Crippen LogP contribution in [0.15, 0.2) is 85.2 Å². The minimum atomic E-state index is -4.88. The fourth-order valence-corrected chi connectivity index (χ4v) is 3.78. The average molecular weight is 524 g/mol. The Balaban J connectivity index is 1.53. The summed E-state index contributed by atoms with van der Waals surface area (Å²) in [4.78, 5) is 24.5. The zero-order valence-electron chi connectivity index (χ0n) is 20.1. The number of benzene rings is 2. The lowest BCUT2D eigenvalue weighted by Gasteiger charge is -2.22. The molecule has 2 unspecified atom stereocenters. The molecule has 0 aliphatic rings. The van der Waals surface area contributed by atoms with Crippen LogP contribution >= 0.6 is 0 Å². The first-order valence-corrected chi connectivity index (χ1v) is 11.5. The molecular formula is C27H23F3N4O4. The number of carboxylic acids is 1. The first kappa shape index (κ1) is 26.4. The molecule has 38 heavy (non-hydrogen) atoms. The van der Waals surface area contributed by atoms with E-state index >= 15 is 0 Å². The van der Waals surface area contributed by atoms with Crippen LogP contribution in [0.5, 0.6) is 17.5 Å². The first-order chi connectivity index (χ1) is 18.2. The number of rotatable bonds is 10. The number of aliphatic carboxylic acids is 1. The Morgan fingerprint density at radius 2 is 1.76 bits per heavy atom. The highest BCUT2D eigenvalue weighted by Crippen LogP contribution is 2.35. The smallest absolute Gasteiger partial charge is 0.481 e. The predicted molar refractivity (Wildman–Crippen MR) is 132 cm³/mol. The molecule has 11 heteroatoms. The molecule has 0 spiro atoms. The van der Waals surface area contributed by atoms with Gasteiger partial charge in [0, 0.05) is 24.9 Å². The van der Waals surface area contributed by atoms with E-state index in [4.69, 9.17) is 4.74 Å². The van der Waals surface area contributed by atoms with Crippen LogP contribution in [0.25, 0.3) is 0 Å². The summed E-state index contributed by atoms with van der Waals surface area (Å²) in [7, 11) is 0. The molecule has 0 fully saturated rings. The van der Waals surface area contributed by atoms with Crippen LogP contribution < -0.4 is 14.8 Å². The Morgan fingerprint density at radius 1 is 0.974 bits per heavy atom. The van der Waals surface area contributed by atoms with Crippen molar-refractivity contribution in [3.8, 4) is 17.5 Å². The number of hydrogen-bond donors (Lipinski definition) is 2. The van der Waals surface area contributed by atoms with E-state index in [-0.39, 0.29) is 17.3 Å². The Kier molecular flexibility index (Phi) is 8.05. The van der Waals surface area contributed by atoms with E-state index in [1.807, 2.05) is 30.3 Å². The van der Waals surface area contributed by atoms with Gasteiger partial charge in [-0.1, -0.05) is 37.3 Å². The topological polar surface area (TPSA) is 106 Å². The van der Waals surface area contributed by atoms with Crippen LogP contribution in [0.1, 0.15) is 29.7 Å². The number of hydrogen-bond acceptors (Lipinski definition) is 7. The van der Waals surface area contributed by atoms with Crippen molar-refractivity contribution in [3.63, 3.8) is 0 Å². The highest BCUT2D eigenvalue weighted by Gasteiger charge is 2.33. The molecule has 0 bridgehead atoms. The highest BCUT2D eigenvalue weighted by atomic mass is 19.4. The van der Waals surface area contributed by atoms with Gasteiger partial charge in [0.1, 0.15) is 17.3 Å². The van der Waals surface area contributed by atoms with Gasteiger partial charge >= 0.3 is 18.3 Å². The maximum atomic E-state index is 12.7. The van der Waals surface area contributed by atoms with Crippen molar-refractivity contribution in [2.75, 3.05) is 5.32 Å². The summed E-state index contributed by atoms with van der Waals surface area (Å²) in [6.45, 7) is 2.00. The van der Waals surface area contributed by atoms with Gasteiger partial charge in [0.15, 0.2) is 0 Å². The summed E-state index contributed by atoms with van der Waals surface area (Å²) in [5, 5.41) is 12.9. The maximum absolute atomic E-state index is 12.7. The Hall–Kier alpha value is -4.67. The third-order valence-corrected chi connectivity index (χ3v) is 5.58. The second-order valence-corrected chi connectivity index (χ2v) is 8.30. The molecule has 2 N–H and O–H groups in total. The molecule has 8 nitrogen and oxygen atoms in total. The van der Waals surface area contributed by atoms with Crippen molar-refractivity contribution in [2.45, 2.75) is 25.7 Å². The highest BCUT2D eigenvalue weighted by molar-refractivity contribution is 5.72. The SMILES string of the molecule is CC(C(=O)O)C(c1cccc(OC(F)(F)F)c1)c1ccnc(Oc2ccc(CNc3ccccn3)cc2)n1. The third-order valence-electron chi connectivity index (χ3n) is 5.58. The minimum Gasteiger partial charge on any atom is -0.481 e. The van der Waals surface area contributed by atoms with Crippen LogP contribution in [0, 0.1) is 5.92 Å². The van der Waals surface area contributed by atoms with Gasteiger partial charge in [-0.05, 0) is 53.6 Å². The molecule has 0 saturated carbocycles. The number of ether oxygens (including phenoxy) is 2. The van der Waals surface area contributed by atoms with Crippen molar-refractivity contribution in [1.82, 2.24) is 15.0 Å². The molecular weight excluding hydrogens is 501 g/mol. The van der Waals surface area contributed by atoms with E-state index < -0.39 is 29.9 Å². The van der Waals surface area contributed by atoms with Crippen molar-refractivity contribution in [1.29, 1.82) is 0 Å². The molecule has 0 aliphatic carbocycles. The van der Waals surface area contributed by atoms with Crippen LogP contribution in [-0.2, 0) is 11.3 Å². The summed E-state index contributed by atoms with van der Waals surface area (Å²) in [6.07, 6.45) is -1.78. The second kappa shape index (κ2) is 11.6. The molecule has 2 aromatic heterocycles. The van der Waals surface area contributed by atoms with E-state index in [2.05, 4.69) is 25.0 Å². The number of nitrogens with zero attached hydrogens (tertiary/aromatic N) is 3. The number of carboxylic acid groups (broad SMARTS) is 1. The fourth-order valence-electron chi connectivity index (χ4n) is 3.78. The van der Waals surface area contributed by atoms with Crippen molar-refractivity contribution >= 4 is 11.8 Å². The number of pyridine rings is 1. The van der Waals surface area contributed by atoms with Crippen LogP contribution in [-0.4, -0.2) is 32.4 Å². The van der Waals surface area contributed by atoms with E-state index in [0.717, 1.165) is 23.5 Å².